The van der Waals surface area contributed by atoms with E-state index in [1.807, 2.05) is 20.8 Å². The number of rotatable bonds is 8. The maximum absolute atomic E-state index is 16.3. The Balaban J connectivity index is 1.63. The second-order valence-electron chi connectivity index (χ2n) is 14.5. The van der Waals surface area contributed by atoms with Crippen molar-refractivity contribution in [3.8, 4) is 5.75 Å². The van der Waals surface area contributed by atoms with Gasteiger partial charge >= 0.3 is 5.97 Å². The first kappa shape index (κ1) is 35.5. The Bertz CT molecular complexity index is 1760. The van der Waals surface area contributed by atoms with Gasteiger partial charge in [-0.15, -0.1) is 0 Å². The standard InChI is InChI=1S/C37H41Cl2F2N3O5/c1-36(2,3)19-29-37(42,25-11-8-21(38)17-27(25)40)31(24-6-5-7-26(39)32(24)41)33-34(45)43(22-9-10-23(35(46)47)28(18-22)48-4)30(44(29)33)16-20-12-14-49-15-13-20/h5-11,17-18,20,29-31,33H,12-16,19,42H2,1-4H3,(H,46,47)/t29-,30+,31-,33+,37+/m0/s1. The van der Waals surface area contributed by atoms with Crippen molar-refractivity contribution in [2.75, 3.05) is 25.2 Å². The molecule has 3 N–H and O–H groups in total. The minimum Gasteiger partial charge on any atom is -0.496 e. The van der Waals surface area contributed by atoms with Gasteiger partial charge < -0.3 is 20.3 Å². The van der Waals surface area contributed by atoms with E-state index in [9.17, 15) is 9.90 Å². The number of amides is 1. The van der Waals surface area contributed by atoms with Gasteiger partial charge in [0.1, 0.15) is 29.0 Å². The van der Waals surface area contributed by atoms with E-state index in [-0.39, 0.29) is 49.7 Å². The van der Waals surface area contributed by atoms with Crippen molar-refractivity contribution in [1.82, 2.24) is 4.90 Å². The maximum Gasteiger partial charge on any atom is 0.339 e. The lowest BCUT2D eigenvalue weighted by Gasteiger charge is -2.45. The normalized spacial score (nSPS) is 26.3. The molecule has 3 saturated heterocycles. The van der Waals surface area contributed by atoms with Gasteiger partial charge in [0.15, 0.2) is 0 Å². The highest BCUT2D eigenvalue weighted by Crippen LogP contribution is 2.58. The van der Waals surface area contributed by atoms with Crippen LogP contribution in [-0.4, -0.2) is 60.5 Å². The van der Waals surface area contributed by atoms with Crippen LogP contribution in [0, 0.1) is 23.0 Å². The molecule has 12 heteroatoms. The molecule has 0 unspecified atom stereocenters. The van der Waals surface area contributed by atoms with E-state index in [0.717, 1.165) is 12.8 Å². The van der Waals surface area contributed by atoms with Gasteiger partial charge in [-0.1, -0.05) is 62.2 Å². The molecule has 0 aromatic heterocycles. The van der Waals surface area contributed by atoms with Gasteiger partial charge in [-0.3, -0.25) is 14.6 Å². The van der Waals surface area contributed by atoms with Crippen molar-refractivity contribution in [2.45, 2.75) is 76.2 Å². The molecule has 0 radical (unpaired) electrons. The minimum absolute atomic E-state index is 0.0527. The summed E-state index contributed by atoms with van der Waals surface area (Å²) in [4.78, 5) is 30.9. The molecule has 0 bridgehead atoms. The number of carboxylic acid groups (broad SMARTS) is 1. The lowest BCUT2D eigenvalue weighted by molar-refractivity contribution is -0.119. The molecule has 1 amide bonds. The summed E-state index contributed by atoms with van der Waals surface area (Å²) in [5.74, 6) is -3.73. The second kappa shape index (κ2) is 13.5. The summed E-state index contributed by atoms with van der Waals surface area (Å²) in [6.07, 6.45) is 1.90. The first-order valence-corrected chi connectivity index (χ1v) is 17.2. The Morgan fingerprint density at radius 1 is 1.10 bits per heavy atom. The lowest BCUT2D eigenvalue weighted by Crippen LogP contribution is -2.57. The van der Waals surface area contributed by atoms with E-state index in [4.69, 9.17) is 38.4 Å². The minimum atomic E-state index is -1.61. The van der Waals surface area contributed by atoms with Gasteiger partial charge in [-0.05, 0) is 72.9 Å². The first-order chi connectivity index (χ1) is 23.2. The molecular weight excluding hydrogens is 675 g/mol. The molecular formula is C37H41Cl2F2N3O5. The zero-order valence-electron chi connectivity index (χ0n) is 27.9. The van der Waals surface area contributed by atoms with Crippen molar-refractivity contribution in [3.05, 3.63) is 93.0 Å². The smallest absolute Gasteiger partial charge is 0.339 e. The van der Waals surface area contributed by atoms with Crippen molar-refractivity contribution in [2.24, 2.45) is 17.1 Å². The predicted molar refractivity (Wildman–Crippen MR) is 184 cm³/mol. The number of benzene rings is 3. The number of nitrogens with zero attached hydrogens (tertiary/aromatic N) is 2. The molecule has 49 heavy (non-hydrogen) atoms. The van der Waals surface area contributed by atoms with Crippen LogP contribution < -0.4 is 15.4 Å². The Hall–Kier alpha value is -3.28. The number of carbonyl (C=O) groups excluding carboxylic acids is 1. The van der Waals surface area contributed by atoms with Crippen LogP contribution in [-0.2, 0) is 15.1 Å². The third-order valence-electron chi connectivity index (χ3n) is 10.3. The first-order valence-electron chi connectivity index (χ1n) is 16.4. The van der Waals surface area contributed by atoms with Crippen molar-refractivity contribution >= 4 is 40.8 Å². The van der Waals surface area contributed by atoms with E-state index < -0.39 is 47.3 Å². The summed E-state index contributed by atoms with van der Waals surface area (Å²) >= 11 is 12.6. The Labute approximate surface area is 295 Å². The molecule has 3 aliphatic rings. The van der Waals surface area contributed by atoms with Gasteiger partial charge in [-0.2, -0.15) is 0 Å². The Kier molecular flexibility index (Phi) is 9.76. The molecule has 262 valence electrons. The number of nitrogens with two attached hydrogens (primary N) is 1. The van der Waals surface area contributed by atoms with E-state index in [1.54, 1.807) is 35.2 Å². The number of hydrogen-bond donors (Lipinski definition) is 2. The van der Waals surface area contributed by atoms with E-state index in [2.05, 4.69) is 4.90 Å². The van der Waals surface area contributed by atoms with Crippen molar-refractivity contribution in [3.63, 3.8) is 0 Å². The lowest BCUT2D eigenvalue weighted by atomic mass is 9.68. The maximum atomic E-state index is 16.3. The van der Waals surface area contributed by atoms with Crippen LogP contribution in [0.5, 0.6) is 5.75 Å². The van der Waals surface area contributed by atoms with Crippen LogP contribution in [0.3, 0.4) is 0 Å². The molecule has 5 atom stereocenters. The molecule has 8 nitrogen and oxygen atoms in total. The van der Waals surface area contributed by atoms with Crippen LogP contribution in [0.1, 0.15) is 73.9 Å². The third-order valence-corrected chi connectivity index (χ3v) is 10.8. The number of halogens is 4. The summed E-state index contributed by atoms with van der Waals surface area (Å²) in [7, 11) is 1.37. The second-order valence-corrected chi connectivity index (χ2v) is 15.4. The summed E-state index contributed by atoms with van der Waals surface area (Å²) in [6, 6.07) is 11.7. The highest BCUT2D eigenvalue weighted by molar-refractivity contribution is 6.31. The van der Waals surface area contributed by atoms with Crippen LogP contribution >= 0.6 is 23.2 Å². The molecule has 3 aromatic rings. The monoisotopic (exact) mass is 715 g/mol. The van der Waals surface area contributed by atoms with Crippen LogP contribution in [0.2, 0.25) is 10.0 Å². The van der Waals surface area contributed by atoms with Gasteiger partial charge in [0.05, 0.1) is 23.8 Å². The van der Waals surface area contributed by atoms with Gasteiger partial charge in [0.2, 0.25) is 5.91 Å². The molecule has 3 fully saturated rings. The fourth-order valence-corrected chi connectivity index (χ4v) is 8.55. The number of anilines is 1. The summed E-state index contributed by atoms with van der Waals surface area (Å²) in [5.41, 5.74) is 6.23. The highest BCUT2D eigenvalue weighted by Gasteiger charge is 2.68. The molecule has 0 aliphatic carbocycles. The van der Waals surface area contributed by atoms with Crippen LogP contribution in [0.4, 0.5) is 14.5 Å². The quantitative estimate of drug-likeness (QED) is 0.248. The summed E-state index contributed by atoms with van der Waals surface area (Å²) < 4.78 is 43.6. The Morgan fingerprint density at radius 2 is 1.82 bits per heavy atom. The fourth-order valence-electron chi connectivity index (χ4n) is 8.21. The Morgan fingerprint density at radius 3 is 2.45 bits per heavy atom. The number of carbonyl (C=O) groups is 2. The third kappa shape index (κ3) is 6.31. The number of carboxylic acids is 1. The number of methoxy groups -OCH3 is 1. The van der Waals surface area contributed by atoms with Crippen molar-refractivity contribution in [1.29, 1.82) is 0 Å². The number of fused-ring (bicyclic) bond motifs is 1. The van der Waals surface area contributed by atoms with E-state index in [0.29, 0.717) is 31.7 Å². The largest absolute Gasteiger partial charge is 0.496 e. The molecule has 0 saturated carbocycles. The van der Waals surface area contributed by atoms with Gasteiger partial charge in [-0.25, -0.2) is 13.6 Å². The molecule has 3 aromatic carbocycles. The topological polar surface area (TPSA) is 105 Å². The summed E-state index contributed by atoms with van der Waals surface area (Å²) in [5, 5.41) is 9.82. The van der Waals surface area contributed by atoms with Gasteiger partial charge in [0.25, 0.3) is 0 Å². The number of ether oxygens (including phenoxy) is 2. The predicted octanol–water partition coefficient (Wildman–Crippen LogP) is 7.59. The number of hydrogen-bond acceptors (Lipinski definition) is 6. The summed E-state index contributed by atoms with van der Waals surface area (Å²) in [6.45, 7) is 7.30. The SMILES string of the molecule is COc1cc(N2C(=O)[C@H]3[C@H](c4cccc(Cl)c4F)[C@@](N)(c4ccc(Cl)cc4F)[C@H](CC(C)(C)C)N3[C@@H]2CC2CCOCC2)ccc1C(=O)O. The molecule has 6 rings (SSSR count). The van der Waals surface area contributed by atoms with E-state index in [1.165, 1.54) is 31.4 Å². The molecule has 0 spiro atoms. The molecule has 3 heterocycles. The van der Waals surface area contributed by atoms with E-state index >= 15 is 13.6 Å². The zero-order chi connectivity index (χ0) is 35.4. The van der Waals surface area contributed by atoms with Crippen LogP contribution in [0.25, 0.3) is 0 Å². The van der Waals surface area contributed by atoms with Crippen LogP contribution in [0.15, 0.2) is 54.6 Å². The van der Waals surface area contributed by atoms with Gasteiger partial charge in [0, 0.05) is 47.5 Å². The number of aromatic carboxylic acids is 1. The van der Waals surface area contributed by atoms with Crippen molar-refractivity contribution < 1.29 is 33.0 Å². The zero-order valence-corrected chi connectivity index (χ0v) is 29.4. The fraction of sp³-hybridized carbons (Fsp3) is 0.459. The molecule has 3 aliphatic heterocycles. The average molecular weight is 717 g/mol. The highest BCUT2D eigenvalue weighted by atomic mass is 35.5. The average Bonchev–Trinajstić information content (AvgIpc) is 3.45.